The van der Waals surface area contributed by atoms with Crippen molar-refractivity contribution >= 4 is 27.3 Å². The van der Waals surface area contributed by atoms with E-state index >= 15 is 0 Å². The lowest BCUT2D eigenvalue weighted by Crippen LogP contribution is -2.37. The highest BCUT2D eigenvalue weighted by molar-refractivity contribution is 7.89. The number of piperidine rings is 1. The van der Waals surface area contributed by atoms with Crippen LogP contribution in [0.4, 0.5) is 0 Å². The van der Waals surface area contributed by atoms with E-state index < -0.39 is 10.0 Å². The summed E-state index contributed by atoms with van der Waals surface area (Å²) in [6.07, 6.45) is 5.15. The van der Waals surface area contributed by atoms with E-state index in [9.17, 15) is 13.2 Å². The number of pyridine rings is 1. The molecule has 3 heterocycles. The van der Waals surface area contributed by atoms with Crippen molar-refractivity contribution < 1.29 is 13.2 Å². The lowest BCUT2D eigenvalue weighted by Gasteiger charge is -2.26. The maximum atomic E-state index is 12.9. The van der Waals surface area contributed by atoms with Gasteiger partial charge in [-0.15, -0.1) is 11.3 Å². The van der Waals surface area contributed by atoms with Crippen LogP contribution in [0.5, 0.6) is 0 Å². The Bertz CT molecular complexity index is 844. The molecule has 6 nitrogen and oxygen atoms in total. The predicted octanol–water partition coefficient (Wildman–Crippen LogP) is 2.63. The third-order valence-corrected chi connectivity index (χ3v) is 7.51. The Kier molecular flexibility index (Phi) is 6.05. The summed E-state index contributed by atoms with van der Waals surface area (Å²) >= 11 is 1.19. The molecule has 2 aromatic heterocycles. The van der Waals surface area contributed by atoms with Crippen LogP contribution < -0.4 is 0 Å². The first-order valence-corrected chi connectivity index (χ1v) is 11.0. The highest BCUT2D eigenvalue weighted by Gasteiger charge is 2.31. The lowest BCUT2D eigenvalue weighted by molar-refractivity contribution is 0.0797. The summed E-state index contributed by atoms with van der Waals surface area (Å²) in [4.78, 5) is 19.1. The van der Waals surface area contributed by atoms with Crippen molar-refractivity contribution in [2.24, 2.45) is 0 Å². The zero-order valence-electron chi connectivity index (χ0n) is 14.8. The van der Waals surface area contributed by atoms with E-state index in [1.807, 2.05) is 18.2 Å². The van der Waals surface area contributed by atoms with Gasteiger partial charge in [0.15, 0.2) is 0 Å². The molecule has 0 radical (unpaired) electrons. The van der Waals surface area contributed by atoms with Crippen LogP contribution in [0.2, 0.25) is 0 Å². The fourth-order valence-corrected chi connectivity index (χ4v) is 5.91. The summed E-state index contributed by atoms with van der Waals surface area (Å²) in [6.45, 7) is 1.54. The van der Waals surface area contributed by atoms with Crippen molar-refractivity contribution in [3.05, 3.63) is 46.4 Å². The van der Waals surface area contributed by atoms with Gasteiger partial charge in [-0.05, 0) is 36.4 Å². The van der Waals surface area contributed by atoms with Crippen LogP contribution in [0, 0.1) is 0 Å². The maximum absolute atomic E-state index is 12.9. The minimum atomic E-state index is -3.61. The van der Waals surface area contributed by atoms with E-state index in [0.717, 1.165) is 25.0 Å². The highest BCUT2D eigenvalue weighted by atomic mass is 32.2. The van der Waals surface area contributed by atoms with E-state index in [2.05, 4.69) is 4.98 Å². The molecule has 1 aliphatic heterocycles. The average molecular weight is 394 g/mol. The van der Waals surface area contributed by atoms with Gasteiger partial charge in [-0.3, -0.25) is 9.78 Å². The molecule has 3 rings (SSSR count). The number of carbonyl (C=O) groups excluding carboxylic acids is 1. The molecule has 0 atom stereocenters. The number of sulfonamides is 1. The summed E-state index contributed by atoms with van der Waals surface area (Å²) in [7, 11) is -1.91. The lowest BCUT2D eigenvalue weighted by atomic mass is 10.2. The van der Waals surface area contributed by atoms with E-state index in [0.29, 0.717) is 30.9 Å². The molecule has 8 heteroatoms. The largest absolute Gasteiger partial charge is 0.341 e. The predicted molar refractivity (Wildman–Crippen MR) is 102 cm³/mol. The van der Waals surface area contributed by atoms with Crippen LogP contribution in [0.15, 0.2) is 40.7 Å². The summed E-state index contributed by atoms with van der Waals surface area (Å²) in [6, 6.07) is 7.22. The number of aromatic nitrogens is 1. The molecule has 140 valence electrons. The third-order valence-electron chi connectivity index (χ3n) is 4.53. The molecule has 0 aromatic carbocycles. The molecule has 1 saturated heterocycles. The molecule has 1 fully saturated rings. The first kappa shape index (κ1) is 19.0. The Morgan fingerprint density at radius 1 is 1.23 bits per heavy atom. The van der Waals surface area contributed by atoms with Gasteiger partial charge < -0.3 is 4.90 Å². The fraction of sp³-hybridized carbons (Fsp3) is 0.444. The van der Waals surface area contributed by atoms with Crippen LogP contribution in [0.25, 0.3) is 0 Å². The molecule has 0 unspecified atom stereocenters. The number of carbonyl (C=O) groups is 1. The van der Waals surface area contributed by atoms with Crippen molar-refractivity contribution in [1.82, 2.24) is 14.2 Å². The van der Waals surface area contributed by atoms with Gasteiger partial charge in [-0.25, -0.2) is 8.42 Å². The molecule has 0 bridgehead atoms. The van der Waals surface area contributed by atoms with Gasteiger partial charge in [0, 0.05) is 45.0 Å². The Morgan fingerprint density at radius 3 is 2.69 bits per heavy atom. The van der Waals surface area contributed by atoms with Crippen molar-refractivity contribution in [1.29, 1.82) is 0 Å². The van der Waals surface area contributed by atoms with E-state index in [4.69, 9.17) is 0 Å². The second kappa shape index (κ2) is 8.28. The zero-order valence-corrected chi connectivity index (χ0v) is 16.4. The number of thiophene rings is 1. The Labute approximate surface area is 158 Å². The third kappa shape index (κ3) is 4.13. The fourth-order valence-electron chi connectivity index (χ4n) is 3.00. The topological polar surface area (TPSA) is 70.6 Å². The molecule has 0 saturated carbocycles. The first-order valence-electron chi connectivity index (χ1n) is 8.73. The average Bonchev–Trinajstić information content (AvgIpc) is 3.17. The van der Waals surface area contributed by atoms with Crippen molar-refractivity contribution in [2.45, 2.75) is 30.6 Å². The smallest absolute Gasteiger partial charge is 0.265 e. The van der Waals surface area contributed by atoms with E-state index in [-0.39, 0.29) is 10.8 Å². The Hall–Kier alpha value is -1.77. The molecule has 1 aliphatic rings. The molecule has 0 N–H and O–H groups in total. The molecule has 26 heavy (non-hydrogen) atoms. The van der Waals surface area contributed by atoms with Crippen LogP contribution in [0.1, 0.15) is 34.6 Å². The van der Waals surface area contributed by atoms with Crippen molar-refractivity contribution in [3.8, 4) is 0 Å². The molecular weight excluding hydrogens is 370 g/mol. The van der Waals surface area contributed by atoms with E-state index in [1.165, 1.54) is 15.6 Å². The van der Waals surface area contributed by atoms with E-state index in [1.54, 1.807) is 29.6 Å². The van der Waals surface area contributed by atoms with Gasteiger partial charge in [0.25, 0.3) is 5.91 Å². The summed E-state index contributed by atoms with van der Waals surface area (Å²) in [5.41, 5.74) is 0.902. The summed E-state index contributed by atoms with van der Waals surface area (Å²) in [5.74, 6) is -0.258. The van der Waals surface area contributed by atoms with Crippen LogP contribution >= 0.6 is 11.3 Å². The molecule has 2 aromatic rings. The quantitative estimate of drug-likeness (QED) is 0.756. The van der Waals surface area contributed by atoms with Gasteiger partial charge >= 0.3 is 0 Å². The number of nitrogens with zero attached hydrogens (tertiary/aromatic N) is 3. The standard InChI is InChI=1S/C18H23N3O3S2/c1-20(13-8-15-7-3-4-10-19-15)18(22)17-16(9-14-25-17)26(23,24)21-11-5-2-6-12-21/h3-4,7,9-10,14H,2,5-6,8,11-13H2,1H3. The number of hydrogen-bond donors (Lipinski definition) is 0. The van der Waals surface area contributed by atoms with Gasteiger partial charge in [0.05, 0.1) is 0 Å². The first-order chi connectivity index (χ1) is 12.5. The van der Waals surface area contributed by atoms with Crippen molar-refractivity contribution in [2.75, 3.05) is 26.7 Å². The van der Waals surface area contributed by atoms with Crippen molar-refractivity contribution in [3.63, 3.8) is 0 Å². The zero-order chi connectivity index (χ0) is 18.6. The monoisotopic (exact) mass is 393 g/mol. The van der Waals surface area contributed by atoms with Gasteiger partial charge in [0.2, 0.25) is 10.0 Å². The second-order valence-electron chi connectivity index (χ2n) is 6.38. The number of rotatable bonds is 6. The molecule has 0 spiro atoms. The summed E-state index contributed by atoms with van der Waals surface area (Å²) < 4.78 is 27.4. The molecule has 1 amide bonds. The van der Waals surface area contributed by atoms with Gasteiger partial charge in [-0.2, -0.15) is 4.31 Å². The minimum absolute atomic E-state index is 0.138. The van der Waals surface area contributed by atoms with Gasteiger partial charge in [0.1, 0.15) is 9.77 Å². The van der Waals surface area contributed by atoms with Crippen LogP contribution in [0.3, 0.4) is 0 Å². The SMILES string of the molecule is CN(CCc1ccccn1)C(=O)c1sccc1S(=O)(=O)N1CCCCC1. The van der Waals surface area contributed by atoms with Gasteiger partial charge in [-0.1, -0.05) is 12.5 Å². The number of hydrogen-bond acceptors (Lipinski definition) is 5. The number of amides is 1. The molecule has 0 aliphatic carbocycles. The summed E-state index contributed by atoms with van der Waals surface area (Å²) in [5, 5.41) is 1.68. The Morgan fingerprint density at radius 2 is 2.00 bits per heavy atom. The highest BCUT2D eigenvalue weighted by Crippen LogP contribution is 2.28. The second-order valence-corrected chi connectivity index (χ2v) is 9.20. The number of likely N-dealkylation sites (N-methyl/N-ethyl adjacent to an activating group) is 1. The Balaban J connectivity index is 1.73. The molecular formula is C18H23N3O3S2. The normalized spacial score (nSPS) is 15.7. The van der Waals surface area contributed by atoms with Crippen LogP contribution in [-0.4, -0.2) is 55.2 Å². The van der Waals surface area contributed by atoms with Crippen LogP contribution in [-0.2, 0) is 16.4 Å². The minimum Gasteiger partial charge on any atom is -0.341 e. The maximum Gasteiger partial charge on any atom is 0.265 e.